The molecule has 0 saturated heterocycles. The summed E-state index contributed by atoms with van der Waals surface area (Å²) in [6, 6.07) is 17.9. The molecule has 0 atom stereocenters. The van der Waals surface area contributed by atoms with Crippen LogP contribution in [0.25, 0.3) is 11.6 Å². The van der Waals surface area contributed by atoms with Gasteiger partial charge in [0.2, 0.25) is 0 Å². The van der Waals surface area contributed by atoms with Crippen molar-refractivity contribution in [1.82, 2.24) is 0 Å². The molecule has 0 unspecified atom stereocenters. The number of methoxy groups -OCH3 is 1. The zero-order valence-corrected chi connectivity index (χ0v) is 12.2. The van der Waals surface area contributed by atoms with Crippen molar-refractivity contribution < 1.29 is 4.74 Å². The molecule has 2 aromatic rings. The standard InChI is InChI=1S/C19H17NO/c1-15-6-10-17(11-7-15)18(14-20)5-3-4-16-8-12-19(21-2)13-9-16/h3-13H,1-2H3/b4-3+,18-5-. The van der Waals surface area contributed by atoms with Crippen molar-refractivity contribution in [2.45, 2.75) is 6.92 Å². The maximum Gasteiger partial charge on any atom is 0.118 e. The smallest absolute Gasteiger partial charge is 0.118 e. The van der Waals surface area contributed by atoms with Gasteiger partial charge in [0.05, 0.1) is 18.8 Å². The van der Waals surface area contributed by atoms with Gasteiger partial charge in [-0.1, -0.05) is 54.1 Å². The van der Waals surface area contributed by atoms with Gasteiger partial charge in [0.25, 0.3) is 0 Å². The van der Waals surface area contributed by atoms with Crippen molar-refractivity contribution in [3.63, 3.8) is 0 Å². The summed E-state index contributed by atoms with van der Waals surface area (Å²) in [5.41, 5.74) is 3.83. The third kappa shape index (κ3) is 4.09. The highest BCUT2D eigenvalue weighted by molar-refractivity contribution is 5.78. The molecule has 0 saturated carbocycles. The first-order valence-corrected chi connectivity index (χ1v) is 6.72. The number of nitriles is 1. The van der Waals surface area contributed by atoms with Gasteiger partial charge in [-0.05, 0) is 36.3 Å². The van der Waals surface area contributed by atoms with Crippen molar-refractivity contribution >= 4 is 11.6 Å². The number of benzene rings is 2. The Labute approximate surface area is 125 Å². The van der Waals surface area contributed by atoms with Gasteiger partial charge in [0, 0.05) is 0 Å². The van der Waals surface area contributed by atoms with Gasteiger partial charge in [0.1, 0.15) is 5.75 Å². The highest BCUT2D eigenvalue weighted by Gasteiger charge is 1.98. The maximum atomic E-state index is 9.25. The quantitative estimate of drug-likeness (QED) is 0.602. The molecule has 0 aliphatic heterocycles. The molecule has 2 nitrogen and oxygen atoms in total. The van der Waals surface area contributed by atoms with Crippen LogP contribution in [0.2, 0.25) is 0 Å². The lowest BCUT2D eigenvalue weighted by molar-refractivity contribution is 0.415. The molecule has 0 aliphatic rings. The molecule has 0 aliphatic carbocycles. The van der Waals surface area contributed by atoms with E-state index in [0.29, 0.717) is 5.57 Å². The van der Waals surface area contributed by atoms with Gasteiger partial charge in [-0.15, -0.1) is 0 Å². The first-order chi connectivity index (χ1) is 10.2. The molecule has 104 valence electrons. The molecular weight excluding hydrogens is 258 g/mol. The minimum absolute atomic E-state index is 0.653. The summed E-state index contributed by atoms with van der Waals surface area (Å²) in [6.45, 7) is 2.03. The lowest BCUT2D eigenvalue weighted by atomic mass is 10.0. The van der Waals surface area contributed by atoms with Crippen LogP contribution in [0.5, 0.6) is 5.75 Å². The average Bonchev–Trinajstić information content (AvgIpc) is 2.53. The Morgan fingerprint density at radius 3 is 2.29 bits per heavy atom. The van der Waals surface area contributed by atoms with E-state index in [1.54, 1.807) is 7.11 Å². The summed E-state index contributed by atoms with van der Waals surface area (Å²) >= 11 is 0. The van der Waals surface area contributed by atoms with Gasteiger partial charge < -0.3 is 4.74 Å². The van der Waals surface area contributed by atoms with Gasteiger partial charge in [-0.2, -0.15) is 5.26 Å². The van der Waals surface area contributed by atoms with Crippen molar-refractivity contribution in [3.05, 3.63) is 77.4 Å². The summed E-state index contributed by atoms with van der Waals surface area (Å²) in [7, 11) is 1.65. The van der Waals surface area contributed by atoms with Crippen LogP contribution in [0.1, 0.15) is 16.7 Å². The van der Waals surface area contributed by atoms with Crippen molar-refractivity contribution in [3.8, 4) is 11.8 Å². The number of hydrogen-bond acceptors (Lipinski definition) is 2. The van der Waals surface area contributed by atoms with E-state index in [9.17, 15) is 5.26 Å². The van der Waals surface area contributed by atoms with Gasteiger partial charge >= 0.3 is 0 Å². The number of hydrogen-bond donors (Lipinski definition) is 0. The number of rotatable bonds is 4. The summed E-state index contributed by atoms with van der Waals surface area (Å²) < 4.78 is 5.12. The van der Waals surface area contributed by atoms with E-state index in [4.69, 9.17) is 4.74 Å². The van der Waals surface area contributed by atoms with Crippen molar-refractivity contribution in [2.75, 3.05) is 7.11 Å². The van der Waals surface area contributed by atoms with Crippen LogP contribution in [0.15, 0.2) is 60.7 Å². The Bertz CT molecular complexity index is 686. The van der Waals surface area contributed by atoms with E-state index >= 15 is 0 Å². The van der Waals surface area contributed by atoms with Crippen LogP contribution in [-0.2, 0) is 0 Å². The van der Waals surface area contributed by atoms with E-state index in [1.807, 2.05) is 73.7 Å². The topological polar surface area (TPSA) is 33.0 Å². The molecule has 2 rings (SSSR count). The first-order valence-electron chi connectivity index (χ1n) is 6.72. The third-order valence-corrected chi connectivity index (χ3v) is 3.15. The number of ether oxygens (including phenoxy) is 1. The number of allylic oxidation sites excluding steroid dienone is 3. The Kier molecular flexibility index (Phi) is 4.95. The van der Waals surface area contributed by atoms with Crippen LogP contribution in [0.4, 0.5) is 0 Å². The fourth-order valence-corrected chi connectivity index (χ4v) is 1.90. The maximum absolute atomic E-state index is 9.25. The molecule has 21 heavy (non-hydrogen) atoms. The first kappa shape index (κ1) is 14.6. The van der Waals surface area contributed by atoms with Crippen LogP contribution in [-0.4, -0.2) is 7.11 Å². The van der Waals surface area contributed by atoms with Crippen LogP contribution in [0, 0.1) is 18.3 Å². The second-order valence-corrected chi connectivity index (χ2v) is 4.69. The highest BCUT2D eigenvalue weighted by atomic mass is 16.5. The fraction of sp³-hybridized carbons (Fsp3) is 0.105. The van der Waals surface area contributed by atoms with E-state index in [2.05, 4.69) is 6.07 Å². The predicted octanol–water partition coefficient (Wildman–Crippen LogP) is 4.62. The van der Waals surface area contributed by atoms with Gasteiger partial charge in [-0.25, -0.2) is 0 Å². The minimum Gasteiger partial charge on any atom is -0.497 e. The summed E-state index contributed by atoms with van der Waals surface area (Å²) in [4.78, 5) is 0. The second kappa shape index (κ2) is 7.12. The lowest BCUT2D eigenvalue weighted by Gasteiger charge is -1.99. The highest BCUT2D eigenvalue weighted by Crippen LogP contribution is 2.16. The van der Waals surface area contributed by atoms with Gasteiger partial charge in [0.15, 0.2) is 0 Å². The second-order valence-electron chi connectivity index (χ2n) is 4.69. The summed E-state index contributed by atoms with van der Waals surface area (Å²) in [5.74, 6) is 0.833. The molecule has 0 heterocycles. The SMILES string of the molecule is COc1ccc(/C=C/C=C(/C#N)c2ccc(C)cc2)cc1. The number of nitrogens with zero attached hydrogens (tertiary/aromatic N) is 1. The lowest BCUT2D eigenvalue weighted by Crippen LogP contribution is -1.82. The molecule has 0 N–H and O–H groups in total. The molecule has 0 spiro atoms. The normalized spacial score (nSPS) is 11.4. The molecule has 0 fully saturated rings. The molecular formula is C19H17NO. The largest absolute Gasteiger partial charge is 0.497 e. The van der Waals surface area contributed by atoms with Crippen LogP contribution < -0.4 is 4.74 Å². The summed E-state index contributed by atoms with van der Waals surface area (Å²) in [5, 5.41) is 9.25. The van der Waals surface area contributed by atoms with Crippen molar-refractivity contribution in [1.29, 1.82) is 5.26 Å². The Balaban J connectivity index is 2.15. The molecule has 2 aromatic carbocycles. The van der Waals surface area contributed by atoms with Crippen LogP contribution in [0.3, 0.4) is 0 Å². The fourth-order valence-electron chi connectivity index (χ4n) is 1.90. The Morgan fingerprint density at radius 1 is 1.05 bits per heavy atom. The van der Waals surface area contributed by atoms with E-state index in [0.717, 1.165) is 16.9 Å². The van der Waals surface area contributed by atoms with Crippen molar-refractivity contribution in [2.24, 2.45) is 0 Å². The Hall–Kier alpha value is -2.79. The average molecular weight is 275 g/mol. The number of aryl methyl sites for hydroxylation is 1. The predicted molar refractivity (Wildman–Crippen MR) is 86.8 cm³/mol. The van der Waals surface area contributed by atoms with E-state index in [-0.39, 0.29) is 0 Å². The summed E-state index contributed by atoms with van der Waals surface area (Å²) in [6.07, 6.45) is 5.68. The molecule has 0 radical (unpaired) electrons. The Morgan fingerprint density at radius 2 is 1.71 bits per heavy atom. The molecule has 0 bridgehead atoms. The molecule has 0 amide bonds. The zero-order chi connectivity index (χ0) is 15.1. The molecule has 2 heteroatoms. The molecule has 0 aromatic heterocycles. The zero-order valence-electron chi connectivity index (χ0n) is 12.2. The van der Waals surface area contributed by atoms with Gasteiger partial charge in [-0.3, -0.25) is 0 Å². The monoisotopic (exact) mass is 275 g/mol. The van der Waals surface area contributed by atoms with E-state index in [1.165, 1.54) is 5.56 Å². The van der Waals surface area contributed by atoms with E-state index < -0.39 is 0 Å². The van der Waals surface area contributed by atoms with Crippen LogP contribution >= 0.6 is 0 Å². The third-order valence-electron chi connectivity index (χ3n) is 3.15. The minimum atomic E-state index is 0.653.